The quantitative estimate of drug-likeness (QED) is 0.0360. The van der Waals surface area contributed by atoms with Gasteiger partial charge in [-0.05, 0) is 122 Å². The van der Waals surface area contributed by atoms with Crippen molar-refractivity contribution in [2.45, 2.75) is 9.79 Å². The molecule has 338 valence electrons. The average Bonchev–Trinajstić information content (AvgIpc) is 3.32. The first-order valence-electron chi connectivity index (χ1n) is 21.0. The summed E-state index contributed by atoms with van der Waals surface area (Å²) in [4.78, 5) is -0.694. The van der Waals surface area contributed by atoms with E-state index < -0.39 is 20.2 Å². The van der Waals surface area contributed by atoms with Crippen LogP contribution in [0.25, 0.3) is 97.3 Å². The first kappa shape index (κ1) is 46.1. The molecular formula is C54H44N6O6S2. The highest BCUT2D eigenvalue weighted by Crippen LogP contribution is 2.41. The maximum Gasteiger partial charge on any atom is 0.336 e. The lowest BCUT2D eigenvalue weighted by Gasteiger charge is -2.13. The van der Waals surface area contributed by atoms with Crippen molar-refractivity contribution >= 4 is 118 Å². The van der Waals surface area contributed by atoms with Gasteiger partial charge in [-0.1, -0.05) is 170 Å². The van der Waals surface area contributed by atoms with E-state index in [1.165, 1.54) is 110 Å². The summed E-state index contributed by atoms with van der Waals surface area (Å²) in [5.41, 5.74) is 19.5. The second-order valence-corrected chi connectivity index (χ2v) is 18.6. The van der Waals surface area contributed by atoms with Gasteiger partial charge in [-0.25, -0.2) is 16.8 Å². The molecular weight excluding hydrogens is 893 g/mol. The molecule has 0 aliphatic rings. The minimum atomic E-state index is -4.50. The fraction of sp³-hybridized carbons (Fsp3) is 0. The molecule has 12 aromatic rings. The standard InChI is InChI=1S/2C20H12.C12H10O6S2.2CH5N3/c2*1-5-13-6-2-11-17-18-12-4-8-14-7-3-10-16(20(14)18)15(9-1)19(13)17;13-19(14,15)11-5-1-9(2-6-11)10-3-7-12(8-4-10)20(16,17)18;2*2-1(3)4/h2*1-12H;1-8H,(H,13,14,15)(H,16,17,18);2*(H5,2,3,4). The number of rotatable bonds is 3. The average molecular weight is 937 g/mol. The second-order valence-electron chi connectivity index (χ2n) is 15.8. The smallest absolute Gasteiger partial charge is 0.336 e. The van der Waals surface area contributed by atoms with Gasteiger partial charge in [0.05, 0.1) is 9.79 Å². The summed E-state index contributed by atoms with van der Waals surface area (Å²) < 4.78 is 64.7. The number of nitrogens with two attached hydrogens (primary N) is 6. The molecule has 0 saturated carbocycles. The zero-order chi connectivity index (χ0) is 48.3. The SMILES string of the molecule is NC(N)=[NH2+].NC(N)=[NH2+].O=S(=O)([O-])c1ccc(-c2ccc(S(=O)(=O)[O-])cc2)cc1.c1cc2cccc3c4cccc5cccc(c(c1)c23)c54.c1cc2cccc3c4cccc5cccc(c(c1)c23)c54. The van der Waals surface area contributed by atoms with Crippen LogP contribution in [-0.2, 0) is 20.2 Å². The topological polar surface area (TPSA) is 270 Å². The summed E-state index contributed by atoms with van der Waals surface area (Å²) in [6, 6.07) is 63.2. The number of hydrogen-bond acceptors (Lipinski definition) is 6. The van der Waals surface area contributed by atoms with Gasteiger partial charge in [0, 0.05) is 0 Å². The van der Waals surface area contributed by atoms with E-state index in [9.17, 15) is 25.9 Å². The van der Waals surface area contributed by atoms with Crippen molar-refractivity contribution in [3.63, 3.8) is 0 Å². The fourth-order valence-corrected chi connectivity index (χ4v) is 9.73. The van der Waals surface area contributed by atoms with E-state index in [0.717, 1.165) is 24.3 Å². The van der Waals surface area contributed by atoms with E-state index in [0.29, 0.717) is 11.1 Å². The number of benzene rings is 12. The van der Waals surface area contributed by atoms with Crippen LogP contribution in [0, 0.1) is 0 Å². The van der Waals surface area contributed by atoms with Crippen LogP contribution in [0.15, 0.2) is 204 Å². The van der Waals surface area contributed by atoms with Gasteiger partial charge in [-0.2, -0.15) is 0 Å². The molecule has 0 fully saturated rings. The Bertz CT molecular complexity index is 3440. The van der Waals surface area contributed by atoms with Crippen molar-refractivity contribution in [3.8, 4) is 11.1 Å². The molecule has 0 aromatic heterocycles. The lowest BCUT2D eigenvalue weighted by atomic mass is 9.90. The highest BCUT2D eigenvalue weighted by molar-refractivity contribution is 7.86. The molecule has 0 aliphatic carbocycles. The lowest BCUT2D eigenvalue weighted by molar-refractivity contribution is -0.117. The zero-order valence-corrected chi connectivity index (χ0v) is 37.8. The minimum Gasteiger partial charge on any atom is -0.744 e. The van der Waals surface area contributed by atoms with E-state index in [1.54, 1.807) is 0 Å². The van der Waals surface area contributed by atoms with Gasteiger partial charge in [-0.15, -0.1) is 0 Å². The third kappa shape index (κ3) is 9.47. The molecule has 0 heterocycles. The van der Waals surface area contributed by atoms with Gasteiger partial charge < -0.3 is 9.11 Å². The summed E-state index contributed by atoms with van der Waals surface area (Å²) in [7, 11) is -9.00. The third-order valence-electron chi connectivity index (χ3n) is 11.4. The van der Waals surface area contributed by atoms with E-state index in [1.807, 2.05) is 0 Å². The van der Waals surface area contributed by atoms with Crippen molar-refractivity contribution < 1.29 is 36.8 Å². The molecule has 0 aliphatic heterocycles. The lowest BCUT2D eigenvalue weighted by Crippen LogP contribution is -2.51. The molecule has 0 saturated heterocycles. The van der Waals surface area contributed by atoms with Crippen molar-refractivity contribution in [1.82, 2.24) is 0 Å². The molecule has 0 amide bonds. The van der Waals surface area contributed by atoms with Crippen LogP contribution in [0.4, 0.5) is 0 Å². The fourth-order valence-electron chi connectivity index (χ4n) is 8.79. The van der Waals surface area contributed by atoms with E-state index in [-0.39, 0.29) is 21.7 Å². The molecule has 12 aromatic carbocycles. The Kier molecular flexibility index (Phi) is 12.8. The summed E-state index contributed by atoms with van der Waals surface area (Å²) in [6.45, 7) is 0. The van der Waals surface area contributed by atoms with Crippen LogP contribution in [0.1, 0.15) is 0 Å². The van der Waals surface area contributed by atoms with Crippen LogP contribution in [0.2, 0.25) is 0 Å². The Hall–Kier alpha value is -8.40. The predicted octanol–water partition coefficient (Wildman–Crippen LogP) is 6.67. The van der Waals surface area contributed by atoms with Crippen LogP contribution in [-0.4, -0.2) is 37.9 Å². The number of hydrogen-bond donors (Lipinski definition) is 6. The molecule has 0 spiro atoms. The highest BCUT2D eigenvalue weighted by Gasteiger charge is 2.13. The predicted molar refractivity (Wildman–Crippen MR) is 274 cm³/mol. The second kappa shape index (κ2) is 18.8. The van der Waals surface area contributed by atoms with Gasteiger partial charge in [0.25, 0.3) is 0 Å². The van der Waals surface area contributed by atoms with Gasteiger partial charge in [0.2, 0.25) is 0 Å². The molecule has 0 bridgehead atoms. The zero-order valence-electron chi connectivity index (χ0n) is 36.2. The Morgan fingerprint density at radius 1 is 0.309 bits per heavy atom. The Labute approximate surface area is 391 Å². The van der Waals surface area contributed by atoms with Crippen LogP contribution < -0.4 is 33.8 Å². The highest BCUT2D eigenvalue weighted by atomic mass is 32.2. The normalized spacial score (nSPS) is 11.4. The molecule has 12 rings (SSSR count). The van der Waals surface area contributed by atoms with E-state index in [2.05, 4.69) is 179 Å². The maximum atomic E-state index is 10.8. The van der Waals surface area contributed by atoms with Crippen LogP contribution >= 0.6 is 0 Å². The molecule has 0 radical (unpaired) electrons. The van der Waals surface area contributed by atoms with E-state index in [4.69, 9.17) is 0 Å². The summed E-state index contributed by atoms with van der Waals surface area (Å²) >= 11 is 0. The third-order valence-corrected chi connectivity index (χ3v) is 13.1. The molecule has 12 N–H and O–H groups in total. The maximum absolute atomic E-state index is 10.8. The Morgan fingerprint density at radius 2 is 0.471 bits per heavy atom. The summed E-state index contributed by atoms with van der Waals surface area (Å²) in [6.07, 6.45) is 0. The Morgan fingerprint density at radius 3 is 0.618 bits per heavy atom. The van der Waals surface area contributed by atoms with E-state index >= 15 is 0 Å². The van der Waals surface area contributed by atoms with Crippen molar-refractivity contribution in [2.24, 2.45) is 22.9 Å². The first-order chi connectivity index (χ1) is 32.5. The molecule has 68 heavy (non-hydrogen) atoms. The summed E-state index contributed by atoms with van der Waals surface area (Å²) in [5, 5.41) is 30.9. The van der Waals surface area contributed by atoms with Crippen LogP contribution in [0.3, 0.4) is 0 Å². The van der Waals surface area contributed by atoms with Gasteiger partial charge >= 0.3 is 11.9 Å². The minimum absolute atomic E-state index is 0.0833. The molecule has 0 unspecified atom stereocenters. The van der Waals surface area contributed by atoms with Gasteiger partial charge in [0.1, 0.15) is 20.2 Å². The Balaban J connectivity index is 0.000000128. The van der Waals surface area contributed by atoms with Gasteiger partial charge in [-0.3, -0.25) is 33.8 Å². The summed E-state index contributed by atoms with van der Waals surface area (Å²) in [5.74, 6) is -0.167. The van der Waals surface area contributed by atoms with Crippen molar-refractivity contribution in [1.29, 1.82) is 0 Å². The van der Waals surface area contributed by atoms with Crippen molar-refractivity contribution in [2.75, 3.05) is 0 Å². The molecule has 0 atom stereocenters. The number of guanidine groups is 2. The molecule has 14 heteroatoms. The van der Waals surface area contributed by atoms with Crippen molar-refractivity contribution in [3.05, 3.63) is 194 Å². The first-order valence-corrected chi connectivity index (χ1v) is 23.8. The molecule has 12 nitrogen and oxygen atoms in total. The monoisotopic (exact) mass is 936 g/mol. The van der Waals surface area contributed by atoms with Gasteiger partial charge in [0.15, 0.2) is 0 Å². The number of fused-ring (bicyclic) bond motifs is 4. The van der Waals surface area contributed by atoms with Crippen LogP contribution in [0.5, 0.6) is 0 Å². The largest absolute Gasteiger partial charge is 0.744 e.